The first-order valence-corrected chi connectivity index (χ1v) is 10.2. The van der Waals surface area contributed by atoms with Gasteiger partial charge in [-0.1, -0.05) is 42.5 Å². The number of carbonyl (C=O) groups is 1. The van der Waals surface area contributed by atoms with Crippen molar-refractivity contribution in [1.29, 1.82) is 0 Å². The Morgan fingerprint density at radius 2 is 1.81 bits per heavy atom. The Bertz CT molecular complexity index is 1350. The van der Waals surface area contributed by atoms with Crippen LogP contribution in [0.3, 0.4) is 0 Å². The number of aromatic nitrogens is 3. The van der Waals surface area contributed by atoms with Crippen LogP contribution in [-0.2, 0) is 11.3 Å². The van der Waals surface area contributed by atoms with Crippen LogP contribution >= 0.6 is 0 Å². The van der Waals surface area contributed by atoms with Crippen molar-refractivity contribution in [2.45, 2.75) is 19.6 Å². The van der Waals surface area contributed by atoms with Gasteiger partial charge in [0, 0.05) is 11.7 Å². The highest BCUT2D eigenvalue weighted by Crippen LogP contribution is 2.27. The predicted molar refractivity (Wildman–Crippen MR) is 122 cm³/mol. The minimum absolute atomic E-state index is 0.231. The van der Waals surface area contributed by atoms with Gasteiger partial charge in [0.2, 0.25) is 0 Å². The molecular formula is C25H22N4O2. The summed E-state index contributed by atoms with van der Waals surface area (Å²) in [6.07, 6.45) is 1.47. The number of hydrogen-bond donors (Lipinski definition) is 3. The Morgan fingerprint density at radius 1 is 1.00 bits per heavy atom. The van der Waals surface area contributed by atoms with Crippen LogP contribution in [0.1, 0.15) is 24.4 Å². The Balaban J connectivity index is 1.30. The standard InChI is InChI=1S/C25H22N4O2/c1-16(27-25(30)31-15-17-5-3-2-4-6-17)24-28-22-10-8-19(14-23(22)29-24)18-7-9-21-20(13-18)11-12-26-21/h2-14,16,26H,15H2,1H3,(H,27,30)(H,28,29)/t16-/m0/s1. The SMILES string of the molecule is C[C@H](NC(=O)OCc1ccccc1)c1nc2ccc(-c3ccc4[nH]ccc4c3)cc2[nH]1. The van der Waals surface area contributed by atoms with E-state index in [1.54, 1.807) is 0 Å². The molecule has 1 amide bonds. The number of benzene rings is 3. The first-order chi connectivity index (χ1) is 15.2. The third-order valence-corrected chi connectivity index (χ3v) is 5.34. The third kappa shape index (κ3) is 4.00. The topological polar surface area (TPSA) is 82.8 Å². The van der Waals surface area contributed by atoms with Crippen molar-refractivity contribution < 1.29 is 9.53 Å². The summed E-state index contributed by atoms with van der Waals surface area (Å²) in [5.41, 5.74) is 6.09. The van der Waals surface area contributed by atoms with Gasteiger partial charge in [-0.25, -0.2) is 9.78 Å². The molecule has 31 heavy (non-hydrogen) atoms. The van der Waals surface area contributed by atoms with E-state index in [2.05, 4.69) is 56.7 Å². The van der Waals surface area contributed by atoms with Crippen LogP contribution in [0.15, 0.2) is 79.0 Å². The summed E-state index contributed by atoms with van der Waals surface area (Å²) in [6.45, 7) is 2.11. The lowest BCUT2D eigenvalue weighted by Crippen LogP contribution is -2.27. The maximum Gasteiger partial charge on any atom is 0.408 e. The van der Waals surface area contributed by atoms with Gasteiger partial charge in [-0.15, -0.1) is 0 Å². The van der Waals surface area contributed by atoms with Crippen LogP contribution in [0.2, 0.25) is 0 Å². The molecule has 3 N–H and O–H groups in total. The second-order valence-corrected chi connectivity index (χ2v) is 7.56. The number of rotatable bonds is 5. The normalized spacial score (nSPS) is 12.2. The van der Waals surface area contributed by atoms with Crippen molar-refractivity contribution in [1.82, 2.24) is 20.3 Å². The van der Waals surface area contributed by atoms with Gasteiger partial charge in [0.05, 0.1) is 17.1 Å². The third-order valence-electron chi connectivity index (χ3n) is 5.34. The van der Waals surface area contributed by atoms with Crippen molar-refractivity contribution >= 4 is 28.0 Å². The van der Waals surface area contributed by atoms with Crippen LogP contribution in [0.5, 0.6) is 0 Å². The van der Waals surface area contributed by atoms with Gasteiger partial charge in [-0.2, -0.15) is 0 Å². The van der Waals surface area contributed by atoms with Crippen molar-refractivity contribution in [2.75, 3.05) is 0 Å². The summed E-state index contributed by atoms with van der Waals surface area (Å²) < 4.78 is 5.31. The number of fused-ring (bicyclic) bond motifs is 2. The zero-order valence-electron chi connectivity index (χ0n) is 17.1. The molecule has 0 bridgehead atoms. The van der Waals surface area contributed by atoms with Crippen LogP contribution < -0.4 is 5.32 Å². The van der Waals surface area contributed by atoms with E-state index in [-0.39, 0.29) is 12.6 Å². The van der Waals surface area contributed by atoms with Gasteiger partial charge in [0.25, 0.3) is 0 Å². The van der Waals surface area contributed by atoms with Gasteiger partial charge in [0.1, 0.15) is 12.4 Å². The number of nitrogens with one attached hydrogen (secondary N) is 3. The van der Waals surface area contributed by atoms with E-state index in [1.165, 1.54) is 5.39 Å². The van der Waals surface area contributed by atoms with E-state index in [1.807, 2.05) is 49.5 Å². The highest BCUT2D eigenvalue weighted by molar-refractivity contribution is 5.88. The molecule has 6 nitrogen and oxygen atoms in total. The number of nitrogens with zero attached hydrogens (tertiary/aromatic N) is 1. The number of aromatic amines is 2. The Kier molecular flexibility index (Phi) is 4.88. The highest BCUT2D eigenvalue weighted by Gasteiger charge is 2.15. The molecule has 0 spiro atoms. The number of ether oxygens (including phenoxy) is 1. The zero-order valence-corrected chi connectivity index (χ0v) is 17.1. The number of amides is 1. The predicted octanol–water partition coefficient (Wildman–Crippen LogP) is 5.70. The van der Waals surface area contributed by atoms with Crippen molar-refractivity contribution in [3.05, 3.63) is 90.4 Å². The average Bonchev–Trinajstić information content (AvgIpc) is 3.44. The molecule has 0 saturated heterocycles. The largest absolute Gasteiger partial charge is 0.445 e. The number of carbonyl (C=O) groups excluding carboxylic acids is 1. The lowest BCUT2D eigenvalue weighted by atomic mass is 10.0. The first-order valence-electron chi connectivity index (χ1n) is 10.2. The molecule has 6 heteroatoms. The van der Waals surface area contributed by atoms with Gasteiger partial charge in [-0.05, 0) is 59.3 Å². The van der Waals surface area contributed by atoms with Crippen LogP contribution in [-0.4, -0.2) is 21.0 Å². The van der Waals surface area contributed by atoms with E-state index >= 15 is 0 Å². The summed E-state index contributed by atoms with van der Waals surface area (Å²) in [6, 6.07) is 23.8. The molecule has 0 fully saturated rings. The van der Waals surface area contributed by atoms with E-state index in [4.69, 9.17) is 4.74 Å². The van der Waals surface area contributed by atoms with E-state index in [0.717, 1.165) is 33.2 Å². The molecule has 5 rings (SSSR count). The average molecular weight is 410 g/mol. The summed E-state index contributed by atoms with van der Waals surface area (Å²) >= 11 is 0. The molecule has 0 unspecified atom stereocenters. The summed E-state index contributed by atoms with van der Waals surface area (Å²) in [7, 11) is 0. The lowest BCUT2D eigenvalue weighted by molar-refractivity contribution is 0.136. The van der Waals surface area contributed by atoms with Crippen LogP contribution in [0.4, 0.5) is 4.79 Å². The Morgan fingerprint density at radius 3 is 2.68 bits per heavy atom. The minimum atomic E-state index is -0.475. The maximum atomic E-state index is 12.2. The zero-order chi connectivity index (χ0) is 21.2. The van der Waals surface area contributed by atoms with Crippen molar-refractivity contribution in [2.24, 2.45) is 0 Å². The number of alkyl carbamates (subject to hydrolysis) is 1. The molecule has 5 aromatic rings. The molecule has 1 atom stereocenters. The van der Waals surface area contributed by atoms with Gasteiger partial charge >= 0.3 is 6.09 Å². The fraction of sp³-hybridized carbons (Fsp3) is 0.120. The minimum Gasteiger partial charge on any atom is -0.445 e. The molecule has 2 heterocycles. The number of H-pyrrole nitrogens is 2. The van der Waals surface area contributed by atoms with Crippen LogP contribution in [0, 0.1) is 0 Å². The van der Waals surface area contributed by atoms with Gasteiger partial charge in [0.15, 0.2) is 0 Å². The molecule has 2 aromatic heterocycles. The van der Waals surface area contributed by atoms with Crippen molar-refractivity contribution in [3.8, 4) is 11.1 Å². The van der Waals surface area contributed by atoms with Crippen molar-refractivity contribution in [3.63, 3.8) is 0 Å². The first kappa shape index (κ1) is 18.9. The molecule has 0 radical (unpaired) electrons. The van der Waals surface area contributed by atoms with E-state index < -0.39 is 6.09 Å². The second kappa shape index (κ2) is 7.99. The van der Waals surface area contributed by atoms with Gasteiger partial charge < -0.3 is 20.0 Å². The molecule has 0 saturated carbocycles. The highest BCUT2D eigenvalue weighted by atomic mass is 16.5. The smallest absolute Gasteiger partial charge is 0.408 e. The molecule has 0 aliphatic heterocycles. The van der Waals surface area contributed by atoms with E-state index in [9.17, 15) is 4.79 Å². The van der Waals surface area contributed by atoms with Crippen LogP contribution in [0.25, 0.3) is 33.1 Å². The summed E-state index contributed by atoms with van der Waals surface area (Å²) in [4.78, 5) is 23.3. The fourth-order valence-electron chi connectivity index (χ4n) is 3.66. The number of imidazole rings is 1. The lowest BCUT2D eigenvalue weighted by Gasteiger charge is -2.11. The maximum absolute atomic E-state index is 12.2. The second-order valence-electron chi connectivity index (χ2n) is 7.56. The molecule has 0 aliphatic rings. The van der Waals surface area contributed by atoms with E-state index in [0.29, 0.717) is 5.82 Å². The molecule has 154 valence electrons. The Hall–Kier alpha value is -4.06. The molecular weight excluding hydrogens is 388 g/mol. The molecule has 0 aliphatic carbocycles. The Labute approximate surface area is 179 Å². The molecule has 3 aromatic carbocycles. The number of hydrogen-bond acceptors (Lipinski definition) is 3. The fourth-order valence-corrected chi connectivity index (χ4v) is 3.66. The monoisotopic (exact) mass is 410 g/mol. The summed E-state index contributed by atoms with van der Waals surface area (Å²) in [5, 5.41) is 4.01. The quantitative estimate of drug-likeness (QED) is 0.348. The van der Waals surface area contributed by atoms with Gasteiger partial charge in [-0.3, -0.25) is 0 Å². The summed E-state index contributed by atoms with van der Waals surface area (Å²) in [5.74, 6) is 0.685.